The third-order valence-electron chi connectivity index (χ3n) is 2.67. The standard InChI is InChI=1S/C14H22FNO4/c1-10(8-18-2)20-9-12(17)7-16-11-4-5-14(19-3)13(15)6-11/h4-6,10,12,16-17H,7-9H2,1-3H3. The molecule has 0 bridgehead atoms. The van der Waals surface area contributed by atoms with E-state index in [4.69, 9.17) is 14.2 Å². The normalized spacial score (nSPS) is 13.8. The van der Waals surface area contributed by atoms with Gasteiger partial charge in [0.25, 0.3) is 0 Å². The van der Waals surface area contributed by atoms with E-state index in [0.29, 0.717) is 12.3 Å². The molecule has 0 fully saturated rings. The molecule has 0 aromatic heterocycles. The molecule has 1 aromatic carbocycles. The minimum atomic E-state index is -0.681. The molecule has 0 aliphatic heterocycles. The molecule has 0 aliphatic rings. The quantitative estimate of drug-likeness (QED) is 0.723. The first-order valence-electron chi connectivity index (χ1n) is 6.42. The Morgan fingerprint density at radius 3 is 2.65 bits per heavy atom. The Bertz CT molecular complexity index is 403. The molecule has 0 saturated carbocycles. The van der Waals surface area contributed by atoms with E-state index in [1.165, 1.54) is 19.2 Å². The molecule has 0 radical (unpaired) electrons. The molecule has 5 nitrogen and oxygen atoms in total. The summed E-state index contributed by atoms with van der Waals surface area (Å²) in [5, 5.41) is 12.7. The number of methoxy groups -OCH3 is 2. The molecule has 0 heterocycles. The molecule has 0 aliphatic carbocycles. The Morgan fingerprint density at radius 1 is 1.30 bits per heavy atom. The number of nitrogens with one attached hydrogen (secondary N) is 1. The number of ether oxygens (including phenoxy) is 3. The van der Waals surface area contributed by atoms with Gasteiger partial charge in [-0.05, 0) is 19.1 Å². The van der Waals surface area contributed by atoms with Crippen molar-refractivity contribution in [2.75, 3.05) is 39.3 Å². The fourth-order valence-electron chi connectivity index (χ4n) is 1.63. The number of hydrogen-bond acceptors (Lipinski definition) is 5. The zero-order valence-electron chi connectivity index (χ0n) is 12.1. The molecule has 1 rings (SSSR count). The number of halogens is 1. The molecule has 114 valence electrons. The van der Waals surface area contributed by atoms with Gasteiger partial charge in [-0.3, -0.25) is 0 Å². The van der Waals surface area contributed by atoms with Crippen molar-refractivity contribution in [3.05, 3.63) is 24.0 Å². The fourth-order valence-corrected chi connectivity index (χ4v) is 1.63. The summed E-state index contributed by atoms with van der Waals surface area (Å²) < 4.78 is 28.6. The Balaban J connectivity index is 2.33. The zero-order chi connectivity index (χ0) is 15.0. The van der Waals surface area contributed by atoms with Crippen molar-refractivity contribution in [2.45, 2.75) is 19.1 Å². The van der Waals surface area contributed by atoms with Crippen LogP contribution >= 0.6 is 0 Å². The highest BCUT2D eigenvalue weighted by Gasteiger charge is 2.09. The van der Waals surface area contributed by atoms with Gasteiger partial charge in [-0.25, -0.2) is 4.39 Å². The van der Waals surface area contributed by atoms with Crippen molar-refractivity contribution in [1.82, 2.24) is 0 Å². The molecule has 0 amide bonds. The van der Waals surface area contributed by atoms with Gasteiger partial charge >= 0.3 is 0 Å². The lowest BCUT2D eigenvalue weighted by atomic mass is 10.2. The molecular formula is C14H22FNO4. The lowest BCUT2D eigenvalue weighted by Crippen LogP contribution is -2.28. The van der Waals surface area contributed by atoms with Crippen LogP contribution in [-0.4, -0.2) is 51.3 Å². The molecule has 2 unspecified atom stereocenters. The fraction of sp³-hybridized carbons (Fsp3) is 0.571. The smallest absolute Gasteiger partial charge is 0.167 e. The number of hydrogen-bond donors (Lipinski definition) is 2. The van der Waals surface area contributed by atoms with Crippen LogP contribution in [0.4, 0.5) is 10.1 Å². The highest BCUT2D eigenvalue weighted by Crippen LogP contribution is 2.20. The van der Waals surface area contributed by atoms with E-state index in [2.05, 4.69) is 5.32 Å². The van der Waals surface area contributed by atoms with Crippen molar-refractivity contribution in [1.29, 1.82) is 0 Å². The maximum Gasteiger partial charge on any atom is 0.167 e. The van der Waals surface area contributed by atoms with Crippen LogP contribution in [0.1, 0.15) is 6.92 Å². The lowest BCUT2D eigenvalue weighted by molar-refractivity contribution is -0.0282. The highest BCUT2D eigenvalue weighted by atomic mass is 19.1. The van der Waals surface area contributed by atoms with E-state index in [1.54, 1.807) is 13.2 Å². The molecule has 6 heteroatoms. The summed E-state index contributed by atoms with van der Waals surface area (Å²) in [6.07, 6.45) is -0.757. The summed E-state index contributed by atoms with van der Waals surface area (Å²) in [5.41, 5.74) is 0.576. The van der Waals surface area contributed by atoms with Crippen LogP contribution in [0.2, 0.25) is 0 Å². The number of aliphatic hydroxyl groups excluding tert-OH is 1. The van der Waals surface area contributed by atoms with Crippen molar-refractivity contribution in [2.24, 2.45) is 0 Å². The van der Waals surface area contributed by atoms with Crippen LogP contribution in [0, 0.1) is 5.82 Å². The van der Waals surface area contributed by atoms with Crippen LogP contribution in [0.3, 0.4) is 0 Å². The summed E-state index contributed by atoms with van der Waals surface area (Å²) >= 11 is 0. The second-order valence-corrected chi connectivity index (χ2v) is 4.48. The second kappa shape index (κ2) is 8.73. The largest absolute Gasteiger partial charge is 0.494 e. The number of benzene rings is 1. The third kappa shape index (κ3) is 5.73. The predicted octanol–water partition coefficient (Wildman–Crippen LogP) is 1.66. The van der Waals surface area contributed by atoms with E-state index in [1.807, 2.05) is 6.92 Å². The molecule has 0 spiro atoms. The lowest BCUT2D eigenvalue weighted by Gasteiger charge is -2.17. The summed E-state index contributed by atoms with van der Waals surface area (Å²) in [4.78, 5) is 0. The van der Waals surface area contributed by atoms with Gasteiger partial charge < -0.3 is 24.6 Å². The van der Waals surface area contributed by atoms with Gasteiger partial charge in [0.15, 0.2) is 11.6 Å². The van der Waals surface area contributed by atoms with Crippen molar-refractivity contribution >= 4 is 5.69 Å². The van der Waals surface area contributed by atoms with Crippen molar-refractivity contribution < 1.29 is 23.7 Å². The summed E-state index contributed by atoms with van der Waals surface area (Å²) in [7, 11) is 3.00. The van der Waals surface area contributed by atoms with Crippen LogP contribution in [0.5, 0.6) is 5.75 Å². The Hall–Kier alpha value is -1.37. The van der Waals surface area contributed by atoms with Crippen molar-refractivity contribution in [3.63, 3.8) is 0 Å². The molecule has 2 atom stereocenters. The number of rotatable bonds is 9. The van der Waals surface area contributed by atoms with Crippen LogP contribution in [0.15, 0.2) is 18.2 Å². The average molecular weight is 287 g/mol. The highest BCUT2D eigenvalue weighted by molar-refractivity contribution is 5.47. The minimum Gasteiger partial charge on any atom is -0.494 e. The van der Waals surface area contributed by atoms with Gasteiger partial charge in [-0.1, -0.05) is 0 Å². The van der Waals surface area contributed by atoms with Gasteiger partial charge in [0.05, 0.1) is 32.5 Å². The first-order chi connectivity index (χ1) is 9.56. The first-order valence-corrected chi connectivity index (χ1v) is 6.42. The van der Waals surface area contributed by atoms with Crippen LogP contribution in [0.25, 0.3) is 0 Å². The number of anilines is 1. The Kier molecular flexibility index (Phi) is 7.28. The minimum absolute atomic E-state index is 0.0759. The molecule has 2 N–H and O–H groups in total. The molecule has 1 aromatic rings. The Morgan fingerprint density at radius 2 is 2.05 bits per heavy atom. The van der Waals surface area contributed by atoms with E-state index in [9.17, 15) is 9.50 Å². The van der Waals surface area contributed by atoms with Gasteiger partial charge in [-0.2, -0.15) is 0 Å². The van der Waals surface area contributed by atoms with Gasteiger partial charge in [0.2, 0.25) is 0 Å². The van der Waals surface area contributed by atoms with Crippen LogP contribution < -0.4 is 10.1 Å². The molecular weight excluding hydrogens is 265 g/mol. The van der Waals surface area contributed by atoms with Gasteiger partial charge in [0.1, 0.15) is 0 Å². The van der Waals surface area contributed by atoms with Crippen molar-refractivity contribution in [3.8, 4) is 5.75 Å². The summed E-state index contributed by atoms with van der Waals surface area (Å²) in [6, 6.07) is 4.53. The van der Waals surface area contributed by atoms with Gasteiger partial charge in [0, 0.05) is 25.4 Å². The first kappa shape index (κ1) is 16.7. The Labute approximate surface area is 118 Å². The monoisotopic (exact) mass is 287 g/mol. The van der Waals surface area contributed by atoms with E-state index < -0.39 is 11.9 Å². The van der Waals surface area contributed by atoms with E-state index in [0.717, 1.165) is 0 Å². The van der Waals surface area contributed by atoms with E-state index >= 15 is 0 Å². The maximum absolute atomic E-state index is 13.4. The van der Waals surface area contributed by atoms with E-state index in [-0.39, 0.29) is 25.0 Å². The summed E-state index contributed by atoms with van der Waals surface area (Å²) in [5.74, 6) is -0.259. The number of aliphatic hydroxyl groups is 1. The third-order valence-corrected chi connectivity index (χ3v) is 2.67. The molecule has 0 saturated heterocycles. The second-order valence-electron chi connectivity index (χ2n) is 4.48. The van der Waals surface area contributed by atoms with Crippen LogP contribution in [-0.2, 0) is 9.47 Å². The SMILES string of the molecule is COCC(C)OCC(O)CNc1ccc(OC)c(F)c1. The zero-order valence-corrected chi connectivity index (χ0v) is 12.1. The average Bonchev–Trinajstić information content (AvgIpc) is 2.43. The molecule has 20 heavy (non-hydrogen) atoms. The predicted molar refractivity (Wildman–Crippen MR) is 74.7 cm³/mol. The maximum atomic E-state index is 13.4. The summed E-state index contributed by atoms with van der Waals surface area (Å²) in [6.45, 7) is 2.80. The topological polar surface area (TPSA) is 60.0 Å². The van der Waals surface area contributed by atoms with Gasteiger partial charge in [-0.15, -0.1) is 0 Å².